The number of pyridine rings is 1. The highest BCUT2D eigenvalue weighted by Gasteiger charge is 2.26. The Morgan fingerprint density at radius 1 is 1.35 bits per heavy atom. The van der Waals surface area contributed by atoms with Gasteiger partial charge < -0.3 is 4.74 Å². The lowest BCUT2D eigenvalue weighted by atomic mass is 10.2. The molecule has 0 aromatic carbocycles. The molecule has 1 aliphatic heterocycles. The molecule has 0 amide bonds. The van der Waals surface area contributed by atoms with Crippen LogP contribution in [0, 0.1) is 0 Å². The van der Waals surface area contributed by atoms with Crippen LogP contribution in [0.4, 0.5) is 0 Å². The number of nitrogens with zero attached hydrogens (tertiary/aromatic N) is 2. The minimum atomic E-state index is -3.46. The summed E-state index contributed by atoms with van der Waals surface area (Å²) in [5.41, 5.74) is 0. The molecule has 0 N–H and O–H groups in total. The number of carbonyl (C=O) groups is 1. The van der Waals surface area contributed by atoms with Crippen LogP contribution in [0.5, 0.6) is 0 Å². The van der Waals surface area contributed by atoms with Gasteiger partial charge >= 0.3 is 5.97 Å². The summed E-state index contributed by atoms with van der Waals surface area (Å²) in [5, 5.41) is 0.218. The summed E-state index contributed by atoms with van der Waals surface area (Å²) in [7, 11) is -3.46. The van der Waals surface area contributed by atoms with Crippen LogP contribution in [0.15, 0.2) is 28.3 Å². The second-order valence-corrected chi connectivity index (χ2v) is 8.61. The van der Waals surface area contributed by atoms with Crippen LogP contribution in [-0.2, 0) is 19.6 Å². The lowest BCUT2D eigenvalue weighted by molar-refractivity contribution is -0.142. The van der Waals surface area contributed by atoms with E-state index in [0.717, 1.165) is 19.3 Å². The van der Waals surface area contributed by atoms with E-state index in [1.54, 1.807) is 26.0 Å². The summed E-state index contributed by atoms with van der Waals surface area (Å²) in [6.07, 6.45) is 4.24. The highest BCUT2D eigenvalue weighted by molar-refractivity contribution is 8.00. The van der Waals surface area contributed by atoms with Gasteiger partial charge in [0.1, 0.15) is 10.1 Å². The first kappa shape index (κ1) is 18.2. The third-order valence-electron chi connectivity index (χ3n) is 3.58. The van der Waals surface area contributed by atoms with Gasteiger partial charge in [0.05, 0.1) is 11.6 Å². The third-order valence-corrected chi connectivity index (χ3v) is 6.49. The van der Waals surface area contributed by atoms with E-state index >= 15 is 0 Å². The minimum Gasteiger partial charge on any atom is -0.465 e. The highest BCUT2D eigenvalue weighted by Crippen LogP contribution is 2.25. The molecule has 1 aliphatic rings. The van der Waals surface area contributed by atoms with Crippen LogP contribution >= 0.6 is 11.8 Å². The lowest BCUT2D eigenvalue weighted by Gasteiger charge is -2.25. The molecule has 1 saturated heterocycles. The number of rotatable bonds is 6. The standard InChI is InChI=1S/C15H22N2O4S2/c1-3-21-15(18)12(2)22-14-8-7-13(11-16-14)23(19,20)17-9-5-4-6-10-17/h7-8,11-12H,3-6,9-10H2,1-2H3/t12-/m0/s1. The fraction of sp³-hybridized carbons (Fsp3) is 0.600. The molecule has 2 heterocycles. The predicted molar refractivity (Wildman–Crippen MR) is 88.8 cm³/mol. The molecule has 6 nitrogen and oxygen atoms in total. The Morgan fingerprint density at radius 2 is 2.04 bits per heavy atom. The molecular formula is C15H22N2O4S2. The van der Waals surface area contributed by atoms with Gasteiger partial charge in [0.25, 0.3) is 0 Å². The van der Waals surface area contributed by atoms with Crippen LogP contribution in [0.1, 0.15) is 33.1 Å². The monoisotopic (exact) mass is 358 g/mol. The van der Waals surface area contributed by atoms with Gasteiger partial charge in [-0.05, 0) is 38.8 Å². The largest absolute Gasteiger partial charge is 0.465 e. The molecule has 0 aliphatic carbocycles. The predicted octanol–water partition coefficient (Wildman–Crippen LogP) is 2.30. The molecule has 1 atom stereocenters. The SMILES string of the molecule is CCOC(=O)[C@H](C)Sc1ccc(S(=O)(=O)N2CCCCC2)cn1. The molecule has 0 radical (unpaired) electrons. The summed E-state index contributed by atoms with van der Waals surface area (Å²) in [4.78, 5) is 16.0. The van der Waals surface area contributed by atoms with E-state index in [0.29, 0.717) is 24.7 Å². The van der Waals surface area contributed by atoms with E-state index in [4.69, 9.17) is 4.74 Å². The molecule has 1 aromatic rings. The normalized spacial score (nSPS) is 17.7. The molecule has 23 heavy (non-hydrogen) atoms. The molecule has 1 fully saturated rings. The first-order valence-corrected chi connectivity index (χ1v) is 10.1. The number of sulfonamides is 1. The number of ether oxygens (including phenoxy) is 1. The third kappa shape index (κ3) is 4.68. The van der Waals surface area contributed by atoms with E-state index in [2.05, 4.69) is 4.98 Å². The number of carbonyl (C=O) groups excluding carboxylic acids is 1. The van der Waals surface area contributed by atoms with Gasteiger partial charge in [0, 0.05) is 19.3 Å². The van der Waals surface area contributed by atoms with E-state index in [9.17, 15) is 13.2 Å². The average molecular weight is 358 g/mol. The minimum absolute atomic E-state index is 0.201. The smallest absolute Gasteiger partial charge is 0.319 e. The van der Waals surface area contributed by atoms with Crippen molar-refractivity contribution in [3.05, 3.63) is 18.3 Å². The molecule has 1 aromatic heterocycles. The lowest BCUT2D eigenvalue weighted by Crippen LogP contribution is -2.35. The zero-order valence-corrected chi connectivity index (χ0v) is 15.0. The fourth-order valence-electron chi connectivity index (χ4n) is 2.33. The first-order chi connectivity index (χ1) is 10.9. The number of aromatic nitrogens is 1. The zero-order chi connectivity index (χ0) is 16.9. The summed E-state index contributed by atoms with van der Waals surface area (Å²) < 4.78 is 31.5. The second kappa shape index (κ2) is 8.12. The van der Waals surface area contributed by atoms with Crippen molar-refractivity contribution in [2.75, 3.05) is 19.7 Å². The molecule has 2 rings (SSSR count). The van der Waals surface area contributed by atoms with Gasteiger partial charge in [-0.1, -0.05) is 18.2 Å². The maximum absolute atomic E-state index is 12.5. The molecule has 128 valence electrons. The summed E-state index contributed by atoms with van der Waals surface area (Å²) >= 11 is 1.25. The van der Waals surface area contributed by atoms with Crippen molar-refractivity contribution in [1.82, 2.24) is 9.29 Å². The van der Waals surface area contributed by atoms with E-state index in [1.807, 2.05) is 0 Å². The Kier molecular flexibility index (Phi) is 6.43. The number of thioether (sulfide) groups is 1. The van der Waals surface area contributed by atoms with Gasteiger partial charge in [-0.15, -0.1) is 0 Å². The van der Waals surface area contributed by atoms with Crippen molar-refractivity contribution >= 4 is 27.8 Å². The van der Waals surface area contributed by atoms with Crippen molar-refractivity contribution in [3.8, 4) is 0 Å². The second-order valence-electron chi connectivity index (χ2n) is 5.31. The topological polar surface area (TPSA) is 76.6 Å². The molecule has 8 heteroatoms. The molecule has 0 spiro atoms. The van der Waals surface area contributed by atoms with Crippen LogP contribution in [-0.4, -0.2) is 48.6 Å². The maximum Gasteiger partial charge on any atom is 0.319 e. The average Bonchev–Trinajstić information content (AvgIpc) is 2.56. The molecule has 0 bridgehead atoms. The van der Waals surface area contributed by atoms with Crippen LogP contribution in [0.25, 0.3) is 0 Å². The Labute approximate surface area is 141 Å². The number of hydrogen-bond donors (Lipinski definition) is 0. The number of piperidine rings is 1. The van der Waals surface area contributed by atoms with Crippen LogP contribution < -0.4 is 0 Å². The quantitative estimate of drug-likeness (QED) is 0.574. The van der Waals surface area contributed by atoms with Crippen LogP contribution in [0.3, 0.4) is 0 Å². The van der Waals surface area contributed by atoms with Gasteiger partial charge in [-0.3, -0.25) is 4.79 Å². The molecule has 0 saturated carbocycles. The molecule has 0 unspecified atom stereocenters. The number of esters is 1. The van der Waals surface area contributed by atoms with E-state index < -0.39 is 10.0 Å². The van der Waals surface area contributed by atoms with Gasteiger partial charge in [-0.25, -0.2) is 13.4 Å². The Balaban J connectivity index is 2.05. The first-order valence-electron chi connectivity index (χ1n) is 7.74. The van der Waals surface area contributed by atoms with E-state index in [1.165, 1.54) is 22.3 Å². The Hall–Kier alpha value is -1.12. The fourth-order valence-corrected chi connectivity index (χ4v) is 4.58. The molecular weight excluding hydrogens is 336 g/mol. The maximum atomic E-state index is 12.5. The zero-order valence-electron chi connectivity index (χ0n) is 13.4. The van der Waals surface area contributed by atoms with Gasteiger partial charge in [0.2, 0.25) is 10.0 Å². The van der Waals surface area contributed by atoms with E-state index in [-0.39, 0.29) is 16.1 Å². The van der Waals surface area contributed by atoms with Gasteiger partial charge in [0.15, 0.2) is 0 Å². The van der Waals surface area contributed by atoms with Crippen molar-refractivity contribution in [2.45, 2.75) is 48.3 Å². The van der Waals surface area contributed by atoms with Crippen molar-refractivity contribution in [1.29, 1.82) is 0 Å². The van der Waals surface area contributed by atoms with Crippen molar-refractivity contribution < 1.29 is 17.9 Å². The van der Waals surface area contributed by atoms with Crippen molar-refractivity contribution in [3.63, 3.8) is 0 Å². The summed E-state index contributed by atoms with van der Waals surface area (Å²) in [6.45, 7) is 4.97. The van der Waals surface area contributed by atoms with Crippen LogP contribution in [0.2, 0.25) is 0 Å². The summed E-state index contributed by atoms with van der Waals surface area (Å²) in [6, 6.07) is 3.19. The number of hydrogen-bond acceptors (Lipinski definition) is 6. The summed E-state index contributed by atoms with van der Waals surface area (Å²) in [5.74, 6) is -0.302. The van der Waals surface area contributed by atoms with Crippen molar-refractivity contribution in [2.24, 2.45) is 0 Å². The Bertz CT molecular complexity index is 625. The Morgan fingerprint density at radius 3 is 2.61 bits per heavy atom. The highest BCUT2D eigenvalue weighted by atomic mass is 32.2. The van der Waals surface area contributed by atoms with Gasteiger partial charge in [-0.2, -0.15) is 4.31 Å².